The molecule has 0 amide bonds. The lowest BCUT2D eigenvalue weighted by Crippen LogP contribution is -2.55. The van der Waals surface area contributed by atoms with Crippen LogP contribution in [0.4, 0.5) is 0 Å². The molecule has 0 radical (unpaired) electrons. The molecule has 0 aromatic rings. The molecule has 5 aliphatic carbocycles. The van der Waals surface area contributed by atoms with Gasteiger partial charge in [0.1, 0.15) is 0 Å². The van der Waals surface area contributed by atoms with Crippen molar-refractivity contribution in [1.82, 2.24) is 0 Å². The molecule has 10 atom stereocenters. The van der Waals surface area contributed by atoms with Crippen LogP contribution in [-0.4, -0.2) is 21.9 Å². The molecule has 0 spiro atoms. The molecule has 0 aromatic carbocycles. The second-order valence-corrected chi connectivity index (χ2v) is 13.5. The predicted molar refractivity (Wildman–Crippen MR) is 123 cm³/mol. The standard InChI is InChI=1S/C28H48O2/c1-18(5-12-25(29)19-6-7-19)22-10-11-23-21-9-8-20-17-26(2,30)15-16-27(20,3)24(21)13-14-28(22,23)4/h18-25,29-30H,5-17H2,1-4H3/t18-,20+,21+,22-,23+,24?,25+,26+,27+,28-/m1/s1. The van der Waals surface area contributed by atoms with Crippen LogP contribution in [0.1, 0.15) is 111 Å². The molecule has 2 heteroatoms. The summed E-state index contributed by atoms with van der Waals surface area (Å²) in [5, 5.41) is 21.1. The molecule has 0 bridgehead atoms. The smallest absolute Gasteiger partial charge is 0.0622 e. The second kappa shape index (κ2) is 7.47. The average molecular weight is 417 g/mol. The molecule has 0 aromatic heterocycles. The fourth-order valence-electron chi connectivity index (χ4n) is 9.76. The Balaban J connectivity index is 1.28. The monoisotopic (exact) mass is 416 g/mol. The van der Waals surface area contributed by atoms with Crippen molar-refractivity contribution in [3.05, 3.63) is 0 Å². The van der Waals surface area contributed by atoms with Gasteiger partial charge in [0.15, 0.2) is 0 Å². The lowest BCUT2D eigenvalue weighted by Gasteiger charge is -2.62. The molecule has 30 heavy (non-hydrogen) atoms. The van der Waals surface area contributed by atoms with Crippen LogP contribution in [0, 0.1) is 52.3 Å². The number of hydrogen-bond donors (Lipinski definition) is 2. The number of fused-ring (bicyclic) bond motifs is 5. The molecular weight excluding hydrogens is 368 g/mol. The Morgan fingerprint density at radius 3 is 2.27 bits per heavy atom. The van der Waals surface area contributed by atoms with Crippen molar-refractivity contribution in [2.24, 2.45) is 52.3 Å². The van der Waals surface area contributed by atoms with E-state index in [1.54, 1.807) is 0 Å². The minimum absolute atomic E-state index is 0.0214. The van der Waals surface area contributed by atoms with Crippen molar-refractivity contribution in [3.8, 4) is 0 Å². The van der Waals surface area contributed by atoms with Gasteiger partial charge in [0, 0.05) is 0 Å². The van der Waals surface area contributed by atoms with E-state index in [-0.39, 0.29) is 6.10 Å². The first-order chi connectivity index (χ1) is 14.1. The maximum atomic E-state index is 10.7. The fourth-order valence-corrected chi connectivity index (χ4v) is 9.76. The molecule has 5 saturated carbocycles. The van der Waals surface area contributed by atoms with Gasteiger partial charge < -0.3 is 10.2 Å². The molecule has 1 unspecified atom stereocenters. The molecule has 0 aliphatic heterocycles. The van der Waals surface area contributed by atoms with Crippen molar-refractivity contribution < 1.29 is 10.2 Å². The topological polar surface area (TPSA) is 40.5 Å². The first-order valence-electron chi connectivity index (χ1n) is 13.5. The van der Waals surface area contributed by atoms with Gasteiger partial charge in [-0.25, -0.2) is 0 Å². The average Bonchev–Trinajstić information content (AvgIpc) is 3.48. The molecule has 5 fully saturated rings. The normalized spacial score (nSPS) is 52.8. The lowest BCUT2D eigenvalue weighted by atomic mass is 9.43. The summed E-state index contributed by atoms with van der Waals surface area (Å²) in [7, 11) is 0. The van der Waals surface area contributed by atoms with Gasteiger partial charge in [0.05, 0.1) is 11.7 Å². The molecule has 172 valence electrons. The number of rotatable bonds is 5. The predicted octanol–water partition coefficient (Wildman–Crippen LogP) is 6.58. The van der Waals surface area contributed by atoms with E-state index in [0.717, 1.165) is 54.8 Å². The largest absolute Gasteiger partial charge is 0.393 e. The summed E-state index contributed by atoms with van der Waals surface area (Å²) in [6.07, 6.45) is 16.6. The maximum absolute atomic E-state index is 10.7. The highest BCUT2D eigenvalue weighted by Gasteiger charge is 2.61. The second-order valence-electron chi connectivity index (χ2n) is 13.5. The van der Waals surface area contributed by atoms with Crippen LogP contribution in [0.3, 0.4) is 0 Å². The van der Waals surface area contributed by atoms with Crippen molar-refractivity contribution in [1.29, 1.82) is 0 Å². The fraction of sp³-hybridized carbons (Fsp3) is 1.00. The molecule has 0 heterocycles. The van der Waals surface area contributed by atoms with Crippen molar-refractivity contribution in [3.63, 3.8) is 0 Å². The van der Waals surface area contributed by atoms with Crippen LogP contribution in [0.25, 0.3) is 0 Å². The molecule has 5 rings (SSSR count). The third-order valence-electron chi connectivity index (χ3n) is 11.8. The van der Waals surface area contributed by atoms with Gasteiger partial charge in [-0.2, -0.15) is 0 Å². The Morgan fingerprint density at radius 1 is 0.800 bits per heavy atom. The SMILES string of the molecule is C[C@H](CC[C@H](O)C1CC1)[C@H]1CC[C@H]2[C@@H]3CC[C@H]4C[C@@](C)(O)CC[C@]4(C)C3CC[C@]12C. The van der Waals surface area contributed by atoms with Gasteiger partial charge in [0.25, 0.3) is 0 Å². The molecule has 2 N–H and O–H groups in total. The third kappa shape index (κ3) is 3.51. The summed E-state index contributed by atoms with van der Waals surface area (Å²) in [4.78, 5) is 0. The van der Waals surface area contributed by atoms with Gasteiger partial charge in [0.2, 0.25) is 0 Å². The van der Waals surface area contributed by atoms with Crippen LogP contribution in [-0.2, 0) is 0 Å². The van der Waals surface area contributed by atoms with Gasteiger partial charge in [-0.05, 0) is 143 Å². The van der Waals surface area contributed by atoms with Gasteiger partial charge in [-0.1, -0.05) is 20.8 Å². The van der Waals surface area contributed by atoms with Crippen LogP contribution < -0.4 is 0 Å². The number of hydrogen-bond acceptors (Lipinski definition) is 2. The first-order valence-corrected chi connectivity index (χ1v) is 13.5. The summed E-state index contributed by atoms with van der Waals surface area (Å²) in [5.41, 5.74) is 0.595. The zero-order valence-corrected chi connectivity index (χ0v) is 20.2. The highest BCUT2D eigenvalue weighted by atomic mass is 16.3. The summed E-state index contributed by atoms with van der Waals surface area (Å²) in [6, 6.07) is 0. The summed E-state index contributed by atoms with van der Waals surface area (Å²) in [5.74, 6) is 5.77. The Labute approximate surface area is 185 Å². The maximum Gasteiger partial charge on any atom is 0.0622 e. The zero-order chi connectivity index (χ0) is 21.3. The first kappa shape index (κ1) is 21.7. The van der Waals surface area contributed by atoms with E-state index < -0.39 is 5.60 Å². The van der Waals surface area contributed by atoms with Crippen molar-refractivity contribution >= 4 is 0 Å². The van der Waals surface area contributed by atoms with E-state index in [1.807, 2.05) is 0 Å². The summed E-state index contributed by atoms with van der Waals surface area (Å²) < 4.78 is 0. The Kier molecular flexibility index (Phi) is 5.42. The Morgan fingerprint density at radius 2 is 1.53 bits per heavy atom. The van der Waals surface area contributed by atoms with Crippen LogP contribution in [0.5, 0.6) is 0 Å². The Bertz CT molecular complexity index is 639. The molecule has 0 saturated heterocycles. The van der Waals surface area contributed by atoms with E-state index in [4.69, 9.17) is 0 Å². The van der Waals surface area contributed by atoms with Gasteiger partial charge in [-0.15, -0.1) is 0 Å². The minimum Gasteiger partial charge on any atom is -0.393 e. The van der Waals surface area contributed by atoms with Gasteiger partial charge in [-0.3, -0.25) is 0 Å². The number of aliphatic hydroxyl groups excluding tert-OH is 1. The number of aliphatic hydroxyl groups is 2. The zero-order valence-electron chi connectivity index (χ0n) is 20.2. The molecule has 2 nitrogen and oxygen atoms in total. The Hall–Kier alpha value is -0.0800. The van der Waals surface area contributed by atoms with Crippen LogP contribution in [0.15, 0.2) is 0 Å². The van der Waals surface area contributed by atoms with E-state index in [9.17, 15) is 10.2 Å². The minimum atomic E-state index is -0.418. The van der Waals surface area contributed by atoms with Crippen LogP contribution in [0.2, 0.25) is 0 Å². The molecule has 5 aliphatic rings. The molecular formula is C28H48O2. The highest BCUT2D eigenvalue weighted by molar-refractivity contribution is 5.10. The van der Waals surface area contributed by atoms with E-state index in [2.05, 4.69) is 27.7 Å². The van der Waals surface area contributed by atoms with Crippen molar-refractivity contribution in [2.75, 3.05) is 0 Å². The van der Waals surface area contributed by atoms with E-state index in [0.29, 0.717) is 16.7 Å². The van der Waals surface area contributed by atoms with E-state index >= 15 is 0 Å². The summed E-state index contributed by atoms with van der Waals surface area (Å²) in [6.45, 7) is 9.87. The van der Waals surface area contributed by atoms with E-state index in [1.165, 1.54) is 64.2 Å². The highest BCUT2D eigenvalue weighted by Crippen LogP contribution is 2.68. The van der Waals surface area contributed by atoms with Crippen molar-refractivity contribution in [2.45, 2.75) is 123 Å². The quantitative estimate of drug-likeness (QED) is 0.531. The van der Waals surface area contributed by atoms with Crippen LogP contribution >= 0.6 is 0 Å². The third-order valence-corrected chi connectivity index (χ3v) is 11.8. The summed E-state index contributed by atoms with van der Waals surface area (Å²) >= 11 is 0. The lowest BCUT2D eigenvalue weighted by molar-refractivity contribution is -0.148. The van der Waals surface area contributed by atoms with Gasteiger partial charge >= 0.3 is 0 Å².